The van der Waals surface area contributed by atoms with Crippen molar-refractivity contribution in [2.24, 2.45) is 5.92 Å². The maximum Gasteiger partial charge on any atom is 0.229 e. The summed E-state index contributed by atoms with van der Waals surface area (Å²) in [5, 5.41) is 2.98. The Bertz CT molecular complexity index is 806. The van der Waals surface area contributed by atoms with Crippen molar-refractivity contribution in [3.63, 3.8) is 0 Å². The molecular weight excluding hydrogens is 423 g/mol. The molecule has 0 radical (unpaired) electrons. The summed E-state index contributed by atoms with van der Waals surface area (Å²) >= 11 is 3.49. The van der Waals surface area contributed by atoms with E-state index in [1.165, 1.54) is 17.7 Å². The SMILES string of the molecule is O=C(Nc1ccc(F)cc1)C1CN(C2CCOCC2)CC1c1ccc(Br)cc1. The molecule has 4 rings (SSSR count). The van der Waals surface area contributed by atoms with Crippen molar-refractivity contribution in [1.29, 1.82) is 0 Å². The molecule has 2 unspecified atom stereocenters. The molecule has 1 N–H and O–H groups in total. The van der Waals surface area contributed by atoms with Crippen LogP contribution in [-0.4, -0.2) is 43.2 Å². The number of benzene rings is 2. The van der Waals surface area contributed by atoms with Gasteiger partial charge in [0.1, 0.15) is 5.82 Å². The van der Waals surface area contributed by atoms with E-state index in [4.69, 9.17) is 4.74 Å². The Morgan fingerprint density at radius 2 is 1.71 bits per heavy atom. The minimum absolute atomic E-state index is 0.00548. The van der Waals surface area contributed by atoms with Crippen molar-refractivity contribution in [1.82, 2.24) is 4.90 Å². The molecule has 0 aliphatic carbocycles. The van der Waals surface area contributed by atoms with Gasteiger partial charge in [-0.25, -0.2) is 4.39 Å². The number of amides is 1. The van der Waals surface area contributed by atoms with E-state index in [0.29, 0.717) is 11.7 Å². The number of ether oxygens (including phenoxy) is 1. The smallest absolute Gasteiger partial charge is 0.229 e. The van der Waals surface area contributed by atoms with Crippen LogP contribution >= 0.6 is 15.9 Å². The molecular formula is C22H24BrFN2O2. The summed E-state index contributed by atoms with van der Waals surface area (Å²) < 4.78 is 19.7. The second-order valence-electron chi connectivity index (χ2n) is 7.56. The molecule has 2 aromatic carbocycles. The lowest BCUT2D eigenvalue weighted by atomic mass is 9.88. The zero-order chi connectivity index (χ0) is 19.5. The molecule has 2 fully saturated rings. The van der Waals surface area contributed by atoms with Crippen LogP contribution in [-0.2, 0) is 9.53 Å². The fourth-order valence-electron chi connectivity index (χ4n) is 4.26. The molecule has 2 heterocycles. The molecule has 2 atom stereocenters. The maximum absolute atomic E-state index is 13.2. The summed E-state index contributed by atoms with van der Waals surface area (Å²) in [5.41, 5.74) is 1.81. The fraction of sp³-hybridized carbons (Fsp3) is 0.409. The number of hydrogen-bond donors (Lipinski definition) is 1. The van der Waals surface area contributed by atoms with Gasteiger partial charge in [0.05, 0.1) is 5.92 Å². The van der Waals surface area contributed by atoms with E-state index in [-0.39, 0.29) is 23.6 Å². The number of carbonyl (C=O) groups excluding carboxylic acids is 1. The summed E-state index contributed by atoms with van der Waals surface area (Å²) in [4.78, 5) is 15.6. The number of anilines is 1. The molecule has 6 heteroatoms. The van der Waals surface area contributed by atoms with Gasteiger partial charge in [-0.15, -0.1) is 0 Å². The Morgan fingerprint density at radius 1 is 1.04 bits per heavy atom. The van der Waals surface area contributed by atoms with E-state index in [1.807, 2.05) is 12.1 Å². The number of likely N-dealkylation sites (tertiary alicyclic amines) is 1. The van der Waals surface area contributed by atoms with Crippen LogP contribution in [0.3, 0.4) is 0 Å². The van der Waals surface area contributed by atoms with E-state index in [1.54, 1.807) is 12.1 Å². The molecule has 2 saturated heterocycles. The van der Waals surface area contributed by atoms with Gasteiger partial charge in [-0.2, -0.15) is 0 Å². The number of nitrogens with one attached hydrogen (secondary N) is 1. The second kappa shape index (κ2) is 8.72. The van der Waals surface area contributed by atoms with E-state index >= 15 is 0 Å². The van der Waals surface area contributed by atoms with Crippen molar-refractivity contribution >= 4 is 27.5 Å². The standard InChI is InChI=1S/C22H24BrFN2O2/c23-16-3-1-15(2-4-16)20-13-26(19-9-11-28-12-10-19)14-21(20)22(27)25-18-7-5-17(24)6-8-18/h1-8,19-21H,9-14H2,(H,25,27). The molecule has 2 aromatic rings. The largest absolute Gasteiger partial charge is 0.381 e. The Labute approximate surface area is 173 Å². The first-order valence-electron chi connectivity index (χ1n) is 9.74. The van der Waals surface area contributed by atoms with E-state index in [0.717, 1.165) is 43.6 Å². The average molecular weight is 447 g/mol. The highest BCUT2D eigenvalue weighted by Crippen LogP contribution is 2.36. The van der Waals surface area contributed by atoms with Gasteiger partial charge in [0.15, 0.2) is 0 Å². The summed E-state index contributed by atoms with van der Waals surface area (Å²) in [6, 6.07) is 14.7. The summed E-state index contributed by atoms with van der Waals surface area (Å²) in [7, 11) is 0. The molecule has 2 aliphatic rings. The number of nitrogens with zero attached hydrogens (tertiary/aromatic N) is 1. The Balaban J connectivity index is 1.54. The van der Waals surface area contributed by atoms with Gasteiger partial charge in [-0.3, -0.25) is 9.69 Å². The predicted octanol–water partition coefficient (Wildman–Crippen LogP) is 4.42. The van der Waals surface area contributed by atoms with Crippen molar-refractivity contribution in [3.8, 4) is 0 Å². The first-order valence-corrected chi connectivity index (χ1v) is 10.5. The molecule has 28 heavy (non-hydrogen) atoms. The van der Waals surface area contributed by atoms with Gasteiger partial charge in [-0.05, 0) is 54.8 Å². The molecule has 1 amide bonds. The molecule has 148 valence electrons. The first kappa shape index (κ1) is 19.6. The van der Waals surface area contributed by atoms with Crippen LogP contribution in [0.5, 0.6) is 0 Å². The van der Waals surface area contributed by atoms with Crippen molar-refractivity contribution in [3.05, 3.63) is 64.4 Å². The van der Waals surface area contributed by atoms with Crippen LogP contribution < -0.4 is 5.32 Å². The van der Waals surface area contributed by atoms with Crippen molar-refractivity contribution < 1.29 is 13.9 Å². The van der Waals surface area contributed by atoms with Crippen molar-refractivity contribution in [2.75, 3.05) is 31.6 Å². The fourth-order valence-corrected chi connectivity index (χ4v) is 4.53. The number of hydrogen-bond acceptors (Lipinski definition) is 3. The highest BCUT2D eigenvalue weighted by atomic mass is 79.9. The van der Waals surface area contributed by atoms with Gasteiger partial charge in [-0.1, -0.05) is 28.1 Å². The van der Waals surface area contributed by atoms with Gasteiger partial charge < -0.3 is 10.1 Å². The van der Waals surface area contributed by atoms with Crippen LogP contribution in [0.4, 0.5) is 10.1 Å². The van der Waals surface area contributed by atoms with Crippen LogP contribution in [0.2, 0.25) is 0 Å². The minimum atomic E-state index is -0.308. The van der Waals surface area contributed by atoms with E-state index in [9.17, 15) is 9.18 Å². The molecule has 0 saturated carbocycles. The quantitative estimate of drug-likeness (QED) is 0.755. The van der Waals surface area contributed by atoms with Crippen LogP contribution in [0.1, 0.15) is 24.3 Å². The molecule has 0 spiro atoms. The van der Waals surface area contributed by atoms with Crippen LogP contribution in [0.15, 0.2) is 53.0 Å². The van der Waals surface area contributed by atoms with Gasteiger partial charge >= 0.3 is 0 Å². The third-order valence-corrected chi connectivity index (χ3v) is 6.33. The number of carbonyl (C=O) groups is 1. The van der Waals surface area contributed by atoms with E-state index in [2.05, 4.69) is 38.3 Å². The lowest BCUT2D eigenvalue weighted by molar-refractivity contribution is -0.120. The normalized spacial score (nSPS) is 23.6. The highest BCUT2D eigenvalue weighted by Gasteiger charge is 2.41. The summed E-state index contributed by atoms with van der Waals surface area (Å²) in [6.07, 6.45) is 2.03. The van der Waals surface area contributed by atoms with Gasteiger partial charge in [0.25, 0.3) is 0 Å². The summed E-state index contributed by atoms with van der Waals surface area (Å²) in [5.74, 6) is -0.322. The number of rotatable bonds is 4. The molecule has 0 bridgehead atoms. The Morgan fingerprint density at radius 3 is 2.39 bits per heavy atom. The monoisotopic (exact) mass is 446 g/mol. The number of halogens is 2. The van der Waals surface area contributed by atoms with E-state index < -0.39 is 0 Å². The lowest BCUT2D eigenvalue weighted by Gasteiger charge is -2.31. The molecule has 4 nitrogen and oxygen atoms in total. The molecule has 0 aromatic heterocycles. The lowest BCUT2D eigenvalue weighted by Crippen LogP contribution is -2.38. The Hall–Kier alpha value is -1.76. The Kier molecular flexibility index (Phi) is 6.09. The average Bonchev–Trinajstić information content (AvgIpc) is 3.17. The van der Waals surface area contributed by atoms with Crippen LogP contribution in [0, 0.1) is 11.7 Å². The third kappa shape index (κ3) is 4.45. The third-order valence-electron chi connectivity index (χ3n) is 5.80. The second-order valence-corrected chi connectivity index (χ2v) is 8.47. The summed E-state index contributed by atoms with van der Waals surface area (Å²) in [6.45, 7) is 3.18. The van der Waals surface area contributed by atoms with Gasteiger partial charge in [0, 0.05) is 48.4 Å². The first-order chi connectivity index (χ1) is 13.6. The van der Waals surface area contributed by atoms with Crippen LogP contribution in [0.25, 0.3) is 0 Å². The topological polar surface area (TPSA) is 41.6 Å². The van der Waals surface area contributed by atoms with Gasteiger partial charge in [0.2, 0.25) is 5.91 Å². The van der Waals surface area contributed by atoms with Crippen molar-refractivity contribution in [2.45, 2.75) is 24.8 Å². The minimum Gasteiger partial charge on any atom is -0.381 e. The zero-order valence-electron chi connectivity index (χ0n) is 15.6. The molecule has 2 aliphatic heterocycles. The predicted molar refractivity (Wildman–Crippen MR) is 111 cm³/mol. The maximum atomic E-state index is 13.2. The highest BCUT2D eigenvalue weighted by molar-refractivity contribution is 9.10. The zero-order valence-corrected chi connectivity index (χ0v) is 17.2.